The van der Waals surface area contributed by atoms with Crippen LogP contribution in [0.2, 0.25) is 0 Å². The molecule has 1 aromatic heterocycles. The SMILES string of the molecule is CCc1nn(C)c(NC(C)C2CCOC2)c1[N+](=O)[O-]. The van der Waals surface area contributed by atoms with Gasteiger partial charge < -0.3 is 10.1 Å². The minimum Gasteiger partial charge on any atom is -0.381 e. The first-order valence-corrected chi connectivity index (χ1v) is 6.59. The third-order valence-electron chi connectivity index (χ3n) is 3.65. The highest BCUT2D eigenvalue weighted by Gasteiger charge is 2.29. The topological polar surface area (TPSA) is 82.2 Å². The fourth-order valence-corrected chi connectivity index (χ4v) is 2.44. The fraction of sp³-hybridized carbons (Fsp3) is 0.750. The molecule has 1 aliphatic rings. The molecule has 1 N–H and O–H groups in total. The maximum atomic E-state index is 11.2. The highest BCUT2D eigenvalue weighted by molar-refractivity contribution is 5.60. The molecule has 106 valence electrons. The van der Waals surface area contributed by atoms with Crippen molar-refractivity contribution in [3.63, 3.8) is 0 Å². The Morgan fingerprint density at radius 1 is 1.68 bits per heavy atom. The molecular weight excluding hydrogens is 248 g/mol. The smallest absolute Gasteiger partial charge is 0.333 e. The number of hydrogen-bond acceptors (Lipinski definition) is 5. The number of anilines is 1. The van der Waals surface area contributed by atoms with Gasteiger partial charge in [0.2, 0.25) is 5.82 Å². The van der Waals surface area contributed by atoms with Gasteiger partial charge in [-0.05, 0) is 19.8 Å². The van der Waals surface area contributed by atoms with Crippen molar-refractivity contribution in [2.24, 2.45) is 13.0 Å². The summed E-state index contributed by atoms with van der Waals surface area (Å²) in [6.07, 6.45) is 1.53. The van der Waals surface area contributed by atoms with E-state index in [9.17, 15) is 10.1 Å². The van der Waals surface area contributed by atoms with Gasteiger partial charge in [0.25, 0.3) is 0 Å². The Bertz CT molecular complexity index is 466. The van der Waals surface area contributed by atoms with Crippen LogP contribution in [0.1, 0.15) is 26.0 Å². The van der Waals surface area contributed by atoms with Crippen molar-refractivity contribution in [2.45, 2.75) is 32.7 Å². The van der Waals surface area contributed by atoms with Crippen molar-refractivity contribution in [3.05, 3.63) is 15.8 Å². The molecule has 7 heteroatoms. The molecule has 0 spiro atoms. The number of aromatic nitrogens is 2. The van der Waals surface area contributed by atoms with Crippen LogP contribution in [0.3, 0.4) is 0 Å². The van der Waals surface area contributed by atoms with Crippen molar-refractivity contribution < 1.29 is 9.66 Å². The van der Waals surface area contributed by atoms with Crippen molar-refractivity contribution in [3.8, 4) is 0 Å². The summed E-state index contributed by atoms with van der Waals surface area (Å²) in [5, 5.41) is 18.7. The lowest BCUT2D eigenvalue weighted by atomic mass is 10.0. The second kappa shape index (κ2) is 5.56. The average molecular weight is 268 g/mol. The minimum absolute atomic E-state index is 0.0933. The largest absolute Gasteiger partial charge is 0.381 e. The highest BCUT2D eigenvalue weighted by Crippen LogP contribution is 2.30. The van der Waals surface area contributed by atoms with Gasteiger partial charge in [-0.3, -0.25) is 10.1 Å². The quantitative estimate of drug-likeness (QED) is 0.649. The summed E-state index contributed by atoms with van der Waals surface area (Å²) >= 11 is 0. The van der Waals surface area contributed by atoms with E-state index in [4.69, 9.17) is 4.74 Å². The minimum atomic E-state index is -0.355. The molecule has 1 saturated heterocycles. The van der Waals surface area contributed by atoms with E-state index in [0.29, 0.717) is 30.5 Å². The molecule has 2 heterocycles. The molecule has 0 saturated carbocycles. The third kappa shape index (κ3) is 2.70. The Morgan fingerprint density at radius 2 is 2.42 bits per heavy atom. The van der Waals surface area contributed by atoms with E-state index in [1.165, 1.54) is 0 Å². The van der Waals surface area contributed by atoms with Crippen molar-refractivity contribution in [1.29, 1.82) is 0 Å². The number of rotatable bonds is 5. The van der Waals surface area contributed by atoms with Gasteiger partial charge in [0.1, 0.15) is 5.69 Å². The first-order chi connectivity index (χ1) is 9.04. The van der Waals surface area contributed by atoms with E-state index in [1.54, 1.807) is 11.7 Å². The van der Waals surface area contributed by atoms with Crippen LogP contribution >= 0.6 is 0 Å². The Balaban J connectivity index is 2.23. The lowest BCUT2D eigenvalue weighted by Crippen LogP contribution is -2.27. The molecule has 0 amide bonds. The van der Waals surface area contributed by atoms with Crippen LogP contribution in [0.15, 0.2) is 0 Å². The van der Waals surface area contributed by atoms with Crippen LogP contribution in [-0.4, -0.2) is 34.0 Å². The van der Waals surface area contributed by atoms with Crippen LogP contribution in [0.25, 0.3) is 0 Å². The molecule has 19 heavy (non-hydrogen) atoms. The second-order valence-corrected chi connectivity index (χ2v) is 4.93. The fourth-order valence-electron chi connectivity index (χ4n) is 2.44. The van der Waals surface area contributed by atoms with Gasteiger partial charge in [-0.15, -0.1) is 0 Å². The number of nitrogens with zero attached hydrogens (tertiary/aromatic N) is 3. The van der Waals surface area contributed by atoms with Gasteiger partial charge in [-0.2, -0.15) is 5.10 Å². The van der Waals surface area contributed by atoms with Gasteiger partial charge in [0.05, 0.1) is 11.5 Å². The molecule has 0 aliphatic carbocycles. The van der Waals surface area contributed by atoms with E-state index in [2.05, 4.69) is 10.4 Å². The van der Waals surface area contributed by atoms with E-state index in [-0.39, 0.29) is 16.7 Å². The van der Waals surface area contributed by atoms with E-state index in [0.717, 1.165) is 13.0 Å². The third-order valence-corrected chi connectivity index (χ3v) is 3.65. The lowest BCUT2D eigenvalue weighted by molar-refractivity contribution is -0.384. The number of hydrogen-bond donors (Lipinski definition) is 1. The summed E-state index contributed by atoms with van der Waals surface area (Å²) in [6, 6.07) is 0.126. The van der Waals surface area contributed by atoms with E-state index in [1.807, 2.05) is 13.8 Å². The monoisotopic (exact) mass is 268 g/mol. The Labute approximate surface area is 112 Å². The van der Waals surface area contributed by atoms with Crippen molar-refractivity contribution in [2.75, 3.05) is 18.5 Å². The summed E-state index contributed by atoms with van der Waals surface area (Å²) in [7, 11) is 1.73. The predicted molar refractivity (Wildman–Crippen MR) is 71.3 cm³/mol. The Kier molecular flexibility index (Phi) is 4.04. The van der Waals surface area contributed by atoms with Crippen LogP contribution in [0.5, 0.6) is 0 Å². The number of nitrogens with one attached hydrogen (secondary N) is 1. The Morgan fingerprint density at radius 3 is 2.95 bits per heavy atom. The van der Waals surface area contributed by atoms with Crippen molar-refractivity contribution >= 4 is 11.5 Å². The maximum Gasteiger partial charge on any atom is 0.333 e. The summed E-state index contributed by atoms with van der Waals surface area (Å²) in [6.45, 7) is 5.37. The molecule has 1 aliphatic heterocycles. The molecule has 0 bridgehead atoms. The summed E-state index contributed by atoms with van der Waals surface area (Å²) in [4.78, 5) is 10.8. The number of nitro groups is 1. The molecular formula is C12H20N4O3. The summed E-state index contributed by atoms with van der Waals surface area (Å²) < 4.78 is 6.91. The normalized spacial score (nSPS) is 20.5. The molecule has 1 aromatic rings. The van der Waals surface area contributed by atoms with Crippen LogP contribution in [0, 0.1) is 16.0 Å². The van der Waals surface area contributed by atoms with E-state index < -0.39 is 0 Å². The molecule has 7 nitrogen and oxygen atoms in total. The zero-order valence-electron chi connectivity index (χ0n) is 11.5. The zero-order valence-corrected chi connectivity index (χ0v) is 11.5. The molecule has 2 rings (SSSR count). The van der Waals surface area contributed by atoms with Gasteiger partial charge in [-0.1, -0.05) is 6.92 Å². The lowest BCUT2D eigenvalue weighted by Gasteiger charge is -2.19. The number of aryl methyl sites for hydroxylation is 2. The number of ether oxygens (including phenoxy) is 1. The van der Waals surface area contributed by atoms with Gasteiger partial charge in [0, 0.05) is 25.6 Å². The molecule has 2 unspecified atom stereocenters. The standard InChI is InChI=1S/C12H20N4O3/c1-4-10-11(16(17)18)12(15(3)14-10)13-8(2)9-5-6-19-7-9/h8-9,13H,4-7H2,1-3H3. The first kappa shape index (κ1) is 13.8. The van der Waals surface area contributed by atoms with Crippen LogP contribution in [-0.2, 0) is 18.2 Å². The second-order valence-electron chi connectivity index (χ2n) is 4.93. The molecule has 1 fully saturated rings. The van der Waals surface area contributed by atoms with E-state index >= 15 is 0 Å². The summed E-state index contributed by atoms with van der Waals surface area (Å²) in [5.74, 6) is 0.876. The summed E-state index contributed by atoms with van der Waals surface area (Å²) in [5.41, 5.74) is 0.612. The van der Waals surface area contributed by atoms with Gasteiger partial charge in [0.15, 0.2) is 0 Å². The van der Waals surface area contributed by atoms with Gasteiger partial charge in [-0.25, -0.2) is 4.68 Å². The van der Waals surface area contributed by atoms with Crippen molar-refractivity contribution in [1.82, 2.24) is 9.78 Å². The first-order valence-electron chi connectivity index (χ1n) is 6.59. The zero-order chi connectivity index (χ0) is 14.0. The molecule has 0 aromatic carbocycles. The van der Waals surface area contributed by atoms with Crippen LogP contribution in [0.4, 0.5) is 11.5 Å². The van der Waals surface area contributed by atoms with Gasteiger partial charge >= 0.3 is 5.69 Å². The highest BCUT2D eigenvalue weighted by atomic mass is 16.6. The molecule has 0 radical (unpaired) electrons. The Hall–Kier alpha value is -1.63. The predicted octanol–water partition coefficient (Wildman–Crippen LogP) is 1.73. The maximum absolute atomic E-state index is 11.2. The van der Waals surface area contributed by atoms with Crippen LogP contribution < -0.4 is 5.32 Å². The average Bonchev–Trinajstić information content (AvgIpc) is 2.97. The molecule has 2 atom stereocenters.